The van der Waals surface area contributed by atoms with E-state index in [2.05, 4.69) is 22.4 Å². The molecule has 1 aliphatic rings. The van der Waals surface area contributed by atoms with Crippen molar-refractivity contribution in [3.05, 3.63) is 21.6 Å². The van der Waals surface area contributed by atoms with Gasteiger partial charge in [0.2, 0.25) is 0 Å². The van der Waals surface area contributed by atoms with Gasteiger partial charge in [0.25, 0.3) is 5.56 Å². The molecule has 2 heterocycles. The molecular formula is C14H24ClN5O. The average Bonchev–Trinajstić information content (AvgIpc) is 2.45. The average molecular weight is 314 g/mol. The lowest BCUT2D eigenvalue weighted by molar-refractivity contribution is 0.264. The maximum atomic E-state index is 12.2. The third-order valence-corrected chi connectivity index (χ3v) is 4.19. The van der Waals surface area contributed by atoms with Gasteiger partial charge in [-0.15, -0.1) is 0 Å². The van der Waals surface area contributed by atoms with Crippen molar-refractivity contribution in [2.45, 2.75) is 25.4 Å². The van der Waals surface area contributed by atoms with Crippen LogP contribution in [0.1, 0.15) is 12.8 Å². The number of nitrogens with one attached hydrogen (secondary N) is 1. The molecule has 0 bridgehead atoms. The third-order valence-electron chi connectivity index (χ3n) is 3.82. The Morgan fingerprint density at radius 2 is 2.10 bits per heavy atom. The molecule has 0 aromatic carbocycles. The highest BCUT2D eigenvalue weighted by molar-refractivity contribution is 6.32. The summed E-state index contributed by atoms with van der Waals surface area (Å²) in [6.45, 7) is 3.41. The van der Waals surface area contributed by atoms with Gasteiger partial charge < -0.3 is 15.1 Å². The highest BCUT2D eigenvalue weighted by Gasteiger charge is 2.18. The summed E-state index contributed by atoms with van der Waals surface area (Å²) >= 11 is 6.20. The zero-order valence-electron chi connectivity index (χ0n) is 13.0. The Labute approximate surface area is 130 Å². The van der Waals surface area contributed by atoms with Crippen molar-refractivity contribution in [1.82, 2.24) is 19.6 Å². The fourth-order valence-electron chi connectivity index (χ4n) is 2.39. The van der Waals surface area contributed by atoms with Crippen LogP contribution in [0, 0.1) is 0 Å². The van der Waals surface area contributed by atoms with Crippen molar-refractivity contribution >= 4 is 17.3 Å². The molecule has 6 nitrogen and oxygen atoms in total. The van der Waals surface area contributed by atoms with E-state index in [1.54, 1.807) is 6.20 Å². The van der Waals surface area contributed by atoms with Crippen molar-refractivity contribution in [1.29, 1.82) is 0 Å². The molecule has 1 fully saturated rings. The quantitative estimate of drug-likeness (QED) is 0.877. The van der Waals surface area contributed by atoms with Gasteiger partial charge in [0.15, 0.2) is 0 Å². The maximum Gasteiger partial charge on any atom is 0.287 e. The number of piperidine rings is 1. The smallest absolute Gasteiger partial charge is 0.287 e. The molecule has 0 saturated carbocycles. The highest BCUT2D eigenvalue weighted by atomic mass is 35.5. The van der Waals surface area contributed by atoms with Gasteiger partial charge in [0.05, 0.1) is 18.4 Å². The Hall–Kier alpha value is -1.11. The molecule has 1 saturated heterocycles. The summed E-state index contributed by atoms with van der Waals surface area (Å²) in [4.78, 5) is 16.5. The molecule has 0 unspecified atom stereocenters. The van der Waals surface area contributed by atoms with Gasteiger partial charge >= 0.3 is 0 Å². The van der Waals surface area contributed by atoms with E-state index in [1.165, 1.54) is 4.68 Å². The Balaban J connectivity index is 2.04. The van der Waals surface area contributed by atoms with E-state index in [4.69, 9.17) is 11.6 Å². The Bertz CT molecular complexity index is 523. The highest BCUT2D eigenvalue weighted by Crippen LogP contribution is 2.20. The number of halogens is 1. The zero-order valence-corrected chi connectivity index (χ0v) is 13.7. The van der Waals surface area contributed by atoms with E-state index in [-0.39, 0.29) is 10.6 Å². The van der Waals surface area contributed by atoms with Gasteiger partial charge in [-0.3, -0.25) is 4.79 Å². The summed E-state index contributed by atoms with van der Waals surface area (Å²) in [5.41, 5.74) is 0.425. The van der Waals surface area contributed by atoms with Crippen molar-refractivity contribution < 1.29 is 0 Å². The SMILES string of the molecule is CN(C)CCn1ncc(NC2CCN(C)CC2)c(Cl)c1=O. The van der Waals surface area contributed by atoms with Gasteiger partial charge in [-0.05, 0) is 47.1 Å². The molecule has 0 aliphatic carbocycles. The lowest BCUT2D eigenvalue weighted by Gasteiger charge is -2.30. The second-order valence-electron chi connectivity index (χ2n) is 5.93. The molecule has 118 valence electrons. The van der Waals surface area contributed by atoms with Gasteiger partial charge in [-0.2, -0.15) is 5.10 Å². The monoisotopic (exact) mass is 313 g/mol. The number of likely N-dealkylation sites (N-methyl/N-ethyl adjacent to an activating group) is 1. The minimum absolute atomic E-state index is 0.226. The molecule has 0 amide bonds. The van der Waals surface area contributed by atoms with Crippen LogP contribution in [0.2, 0.25) is 5.02 Å². The summed E-state index contributed by atoms with van der Waals surface area (Å²) in [6.07, 6.45) is 3.77. The molecule has 0 spiro atoms. The topological polar surface area (TPSA) is 53.4 Å². The summed E-state index contributed by atoms with van der Waals surface area (Å²) in [6, 6.07) is 0.359. The minimum Gasteiger partial charge on any atom is -0.380 e. The minimum atomic E-state index is -0.226. The molecule has 0 atom stereocenters. The van der Waals surface area contributed by atoms with Crippen molar-refractivity contribution in [3.8, 4) is 0 Å². The largest absolute Gasteiger partial charge is 0.380 e. The Morgan fingerprint density at radius 3 is 2.71 bits per heavy atom. The van der Waals surface area contributed by atoms with E-state index < -0.39 is 0 Å². The van der Waals surface area contributed by atoms with E-state index in [9.17, 15) is 4.79 Å². The number of likely N-dealkylation sites (tertiary alicyclic amines) is 1. The van der Waals surface area contributed by atoms with Gasteiger partial charge in [0, 0.05) is 12.6 Å². The molecule has 1 aliphatic heterocycles. The van der Waals surface area contributed by atoms with Crippen molar-refractivity contribution in [2.24, 2.45) is 0 Å². The lowest BCUT2D eigenvalue weighted by atomic mass is 10.1. The second-order valence-corrected chi connectivity index (χ2v) is 6.30. The number of aromatic nitrogens is 2. The van der Waals surface area contributed by atoms with Gasteiger partial charge in [-0.25, -0.2) is 4.68 Å². The fourth-order valence-corrected chi connectivity index (χ4v) is 2.59. The molecule has 1 aromatic heterocycles. The molecule has 7 heteroatoms. The first-order valence-electron chi connectivity index (χ1n) is 7.33. The van der Waals surface area contributed by atoms with Crippen molar-refractivity contribution in [3.63, 3.8) is 0 Å². The predicted octanol–water partition coefficient (Wildman–Crippen LogP) is 0.964. The van der Waals surface area contributed by atoms with Gasteiger partial charge in [0.1, 0.15) is 5.02 Å². The van der Waals surface area contributed by atoms with Crippen LogP contribution in [0.4, 0.5) is 5.69 Å². The number of hydrogen-bond acceptors (Lipinski definition) is 5. The summed E-state index contributed by atoms with van der Waals surface area (Å²) in [5.74, 6) is 0. The van der Waals surface area contributed by atoms with Crippen LogP contribution in [-0.4, -0.2) is 66.4 Å². The number of rotatable bonds is 5. The molecule has 1 N–H and O–H groups in total. The van der Waals surface area contributed by atoms with Crippen LogP contribution < -0.4 is 10.9 Å². The van der Waals surface area contributed by atoms with Gasteiger partial charge in [-0.1, -0.05) is 11.6 Å². The van der Waals surface area contributed by atoms with Crippen LogP contribution in [0.15, 0.2) is 11.0 Å². The Kier molecular flexibility index (Phi) is 5.61. The first kappa shape index (κ1) is 16.3. The first-order chi connectivity index (χ1) is 9.97. The van der Waals surface area contributed by atoms with Crippen LogP contribution in [0.25, 0.3) is 0 Å². The lowest BCUT2D eigenvalue weighted by Crippen LogP contribution is -2.37. The Morgan fingerprint density at radius 1 is 1.43 bits per heavy atom. The van der Waals surface area contributed by atoms with E-state index in [1.807, 2.05) is 19.0 Å². The number of nitrogens with zero attached hydrogens (tertiary/aromatic N) is 4. The normalized spacial score (nSPS) is 17.4. The summed E-state index contributed by atoms with van der Waals surface area (Å²) in [5, 5.41) is 7.81. The zero-order chi connectivity index (χ0) is 15.4. The summed E-state index contributed by atoms with van der Waals surface area (Å²) in [7, 11) is 6.04. The van der Waals surface area contributed by atoms with Crippen LogP contribution >= 0.6 is 11.6 Å². The summed E-state index contributed by atoms with van der Waals surface area (Å²) < 4.78 is 1.42. The molecule has 2 rings (SSSR count). The van der Waals surface area contributed by atoms with E-state index in [0.29, 0.717) is 18.3 Å². The molecule has 1 aromatic rings. The van der Waals surface area contributed by atoms with E-state index in [0.717, 1.165) is 32.5 Å². The van der Waals surface area contributed by atoms with E-state index >= 15 is 0 Å². The first-order valence-corrected chi connectivity index (χ1v) is 7.70. The molecule has 0 radical (unpaired) electrons. The number of anilines is 1. The molecule has 21 heavy (non-hydrogen) atoms. The standard InChI is InChI=1S/C14H24ClN5O/c1-18(2)8-9-20-14(21)13(15)12(10-16-20)17-11-4-6-19(3)7-5-11/h10-11,17H,4-9H2,1-3H3. The third kappa shape index (κ3) is 4.43. The maximum absolute atomic E-state index is 12.2. The van der Waals surface area contributed by atoms with Crippen molar-refractivity contribution in [2.75, 3.05) is 46.1 Å². The number of hydrogen-bond donors (Lipinski definition) is 1. The predicted molar refractivity (Wildman–Crippen MR) is 86.2 cm³/mol. The molecular weight excluding hydrogens is 290 g/mol. The van der Waals surface area contributed by atoms with Crippen LogP contribution in [0.3, 0.4) is 0 Å². The second kappa shape index (κ2) is 7.24. The fraction of sp³-hybridized carbons (Fsp3) is 0.714. The van der Waals surface area contributed by atoms with Crippen LogP contribution in [-0.2, 0) is 6.54 Å². The van der Waals surface area contributed by atoms with Crippen LogP contribution in [0.5, 0.6) is 0 Å².